The van der Waals surface area contributed by atoms with Crippen LogP contribution in [0.5, 0.6) is 0 Å². The fourth-order valence-electron chi connectivity index (χ4n) is 3.54. The number of amides is 1. The number of fused-ring (bicyclic) bond motifs is 1. The molecule has 10 heteroatoms. The lowest BCUT2D eigenvalue weighted by molar-refractivity contribution is -0.136. The number of carbonyl (C=O) groups excluding carboxylic acids is 2. The monoisotopic (exact) mass is 478 g/mol. The van der Waals surface area contributed by atoms with E-state index in [1.165, 1.54) is 16.9 Å². The first kappa shape index (κ1) is 22.2. The van der Waals surface area contributed by atoms with Crippen molar-refractivity contribution in [3.05, 3.63) is 33.3 Å². The first-order valence-electron chi connectivity index (χ1n) is 10.4. The number of hydrogen-bond donors (Lipinski definition) is 0. The van der Waals surface area contributed by atoms with E-state index in [0.717, 1.165) is 47.4 Å². The van der Waals surface area contributed by atoms with Crippen LogP contribution in [0.15, 0.2) is 22.9 Å². The second-order valence-corrected chi connectivity index (χ2v) is 10.1. The van der Waals surface area contributed by atoms with Gasteiger partial charge in [0.15, 0.2) is 11.7 Å². The summed E-state index contributed by atoms with van der Waals surface area (Å²) in [5, 5.41) is 5.21. The fraction of sp³-hybridized carbons (Fsp3) is 0.476. The Balaban J connectivity index is 1.25. The van der Waals surface area contributed by atoms with E-state index < -0.39 is 5.97 Å². The molecule has 0 aliphatic carbocycles. The lowest BCUT2D eigenvalue weighted by Gasteiger charge is -2.34. The molecular formula is C21H26N4O3S3. The SMILES string of the molecule is CCN(CC)c1nc2sc(C(=O)OCC(=O)N3CCN(Cc4ccsc4)CC3)cc2s1. The predicted molar refractivity (Wildman–Crippen MR) is 128 cm³/mol. The van der Waals surface area contributed by atoms with Crippen LogP contribution in [-0.2, 0) is 16.1 Å². The van der Waals surface area contributed by atoms with Crippen LogP contribution < -0.4 is 4.90 Å². The van der Waals surface area contributed by atoms with E-state index in [9.17, 15) is 9.59 Å². The third-order valence-corrected chi connectivity index (χ3v) is 8.28. The average molecular weight is 479 g/mol. The molecule has 3 aromatic heterocycles. The van der Waals surface area contributed by atoms with E-state index in [1.807, 2.05) is 6.07 Å². The molecule has 1 saturated heterocycles. The molecule has 1 amide bonds. The first-order chi connectivity index (χ1) is 15.1. The van der Waals surface area contributed by atoms with E-state index in [4.69, 9.17) is 4.74 Å². The molecule has 1 aliphatic rings. The minimum atomic E-state index is -0.455. The highest BCUT2D eigenvalue weighted by Crippen LogP contribution is 2.34. The van der Waals surface area contributed by atoms with Crippen LogP contribution in [0.3, 0.4) is 0 Å². The standard InChI is InChI=1S/C21H26N4O3S3/c1-3-24(4-2)21-22-19-16(31-21)11-17(30-19)20(27)28-13-18(26)25-8-6-23(7-9-25)12-15-5-10-29-14-15/h5,10-11,14H,3-4,6-9,12-13H2,1-2H3. The van der Waals surface area contributed by atoms with Crippen molar-refractivity contribution >= 4 is 60.5 Å². The molecule has 0 radical (unpaired) electrons. The number of nitrogens with zero attached hydrogens (tertiary/aromatic N) is 4. The van der Waals surface area contributed by atoms with E-state index in [0.29, 0.717) is 18.0 Å². The number of rotatable bonds is 8. The molecule has 0 spiro atoms. The normalized spacial score (nSPS) is 14.8. The molecular weight excluding hydrogens is 452 g/mol. The highest BCUT2D eigenvalue weighted by Gasteiger charge is 2.23. The summed E-state index contributed by atoms with van der Waals surface area (Å²) < 4.78 is 6.29. The minimum absolute atomic E-state index is 0.135. The van der Waals surface area contributed by atoms with Gasteiger partial charge in [0.1, 0.15) is 9.71 Å². The van der Waals surface area contributed by atoms with Crippen molar-refractivity contribution < 1.29 is 14.3 Å². The van der Waals surface area contributed by atoms with Crippen molar-refractivity contribution in [2.75, 3.05) is 50.8 Å². The quantitative estimate of drug-likeness (QED) is 0.459. The Morgan fingerprint density at radius 3 is 2.58 bits per heavy atom. The third kappa shape index (κ3) is 5.25. The van der Waals surface area contributed by atoms with E-state index in [2.05, 4.69) is 45.5 Å². The average Bonchev–Trinajstić information content (AvgIpc) is 3.50. The summed E-state index contributed by atoms with van der Waals surface area (Å²) >= 11 is 4.60. The van der Waals surface area contributed by atoms with Gasteiger partial charge in [-0.05, 0) is 42.3 Å². The lowest BCUT2D eigenvalue weighted by atomic mass is 10.2. The summed E-state index contributed by atoms with van der Waals surface area (Å²) in [5.41, 5.74) is 1.31. The molecule has 0 unspecified atom stereocenters. The van der Waals surface area contributed by atoms with Gasteiger partial charge in [0, 0.05) is 45.8 Å². The Labute approximate surface area is 193 Å². The molecule has 1 aliphatic heterocycles. The molecule has 7 nitrogen and oxygen atoms in total. The molecule has 0 saturated carbocycles. The summed E-state index contributed by atoms with van der Waals surface area (Å²) in [6.45, 7) is 9.68. The van der Waals surface area contributed by atoms with Crippen LogP contribution in [0.4, 0.5) is 5.13 Å². The Morgan fingerprint density at radius 2 is 1.94 bits per heavy atom. The zero-order chi connectivity index (χ0) is 21.8. The van der Waals surface area contributed by atoms with Crippen LogP contribution in [0.1, 0.15) is 29.1 Å². The summed E-state index contributed by atoms with van der Waals surface area (Å²) in [5.74, 6) is -0.590. The van der Waals surface area contributed by atoms with Gasteiger partial charge in [0.25, 0.3) is 5.91 Å². The number of hydrogen-bond acceptors (Lipinski definition) is 9. The van der Waals surface area contributed by atoms with Gasteiger partial charge in [-0.25, -0.2) is 9.78 Å². The Hall–Kier alpha value is -2.01. The van der Waals surface area contributed by atoms with Crippen molar-refractivity contribution in [1.82, 2.24) is 14.8 Å². The van der Waals surface area contributed by atoms with Crippen molar-refractivity contribution in [3.8, 4) is 0 Å². The van der Waals surface area contributed by atoms with Gasteiger partial charge >= 0.3 is 5.97 Å². The number of thiazole rings is 1. The van der Waals surface area contributed by atoms with Crippen molar-refractivity contribution in [1.29, 1.82) is 0 Å². The molecule has 0 atom stereocenters. The van der Waals surface area contributed by atoms with Gasteiger partial charge in [-0.3, -0.25) is 9.69 Å². The van der Waals surface area contributed by atoms with Crippen LogP contribution >= 0.6 is 34.0 Å². The minimum Gasteiger partial charge on any atom is -0.451 e. The third-order valence-electron chi connectivity index (χ3n) is 5.35. The summed E-state index contributed by atoms with van der Waals surface area (Å²) in [4.78, 5) is 37.2. The molecule has 3 aromatic rings. The predicted octanol–water partition coefficient (Wildman–Crippen LogP) is 3.77. The maximum absolute atomic E-state index is 12.5. The largest absolute Gasteiger partial charge is 0.451 e. The molecule has 0 N–H and O–H groups in total. The summed E-state index contributed by atoms with van der Waals surface area (Å²) in [6, 6.07) is 3.96. The Bertz CT molecular complexity index is 987. The van der Waals surface area contributed by atoms with Gasteiger partial charge in [-0.15, -0.1) is 11.3 Å². The zero-order valence-electron chi connectivity index (χ0n) is 17.7. The number of carbonyl (C=O) groups is 2. The van der Waals surface area contributed by atoms with Crippen molar-refractivity contribution in [3.63, 3.8) is 0 Å². The summed E-state index contributed by atoms with van der Waals surface area (Å²) in [6.07, 6.45) is 0. The zero-order valence-corrected chi connectivity index (χ0v) is 20.2. The number of ether oxygens (including phenoxy) is 1. The van der Waals surface area contributed by atoms with E-state index in [-0.39, 0.29) is 12.5 Å². The fourth-order valence-corrected chi connectivity index (χ4v) is 6.43. The molecule has 0 aromatic carbocycles. The number of piperazine rings is 1. The van der Waals surface area contributed by atoms with Crippen LogP contribution in [0.2, 0.25) is 0 Å². The smallest absolute Gasteiger partial charge is 0.348 e. The van der Waals surface area contributed by atoms with Gasteiger partial charge < -0.3 is 14.5 Å². The van der Waals surface area contributed by atoms with Crippen LogP contribution in [-0.4, -0.2) is 72.5 Å². The lowest BCUT2D eigenvalue weighted by Crippen LogP contribution is -2.49. The molecule has 166 valence electrons. The molecule has 0 bridgehead atoms. The molecule has 4 rings (SSSR count). The maximum atomic E-state index is 12.5. The van der Waals surface area contributed by atoms with Gasteiger partial charge in [0.05, 0.1) is 4.70 Å². The Morgan fingerprint density at radius 1 is 1.16 bits per heavy atom. The maximum Gasteiger partial charge on any atom is 0.348 e. The number of esters is 1. The van der Waals surface area contributed by atoms with Crippen LogP contribution in [0.25, 0.3) is 9.53 Å². The topological polar surface area (TPSA) is 66.0 Å². The number of aromatic nitrogens is 1. The number of anilines is 1. The first-order valence-corrected chi connectivity index (χ1v) is 13.0. The summed E-state index contributed by atoms with van der Waals surface area (Å²) in [7, 11) is 0. The van der Waals surface area contributed by atoms with Gasteiger partial charge in [-0.2, -0.15) is 11.3 Å². The van der Waals surface area contributed by atoms with Crippen molar-refractivity contribution in [2.45, 2.75) is 20.4 Å². The second-order valence-electron chi connectivity index (χ2n) is 7.31. The molecule has 31 heavy (non-hydrogen) atoms. The van der Waals surface area contributed by atoms with Gasteiger partial charge in [0.2, 0.25) is 0 Å². The second kappa shape index (κ2) is 10.1. The van der Waals surface area contributed by atoms with E-state index >= 15 is 0 Å². The van der Waals surface area contributed by atoms with Crippen molar-refractivity contribution in [2.24, 2.45) is 0 Å². The highest BCUT2D eigenvalue weighted by atomic mass is 32.1. The highest BCUT2D eigenvalue weighted by molar-refractivity contribution is 7.29. The van der Waals surface area contributed by atoms with Gasteiger partial charge in [-0.1, -0.05) is 11.3 Å². The van der Waals surface area contributed by atoms with E-state index in [1.54, 1.807) is 27.6 Å². The molecule has 1 fully saturated rings. The van der Waals surface area contributed by atoms with Crippen LogP contribution in [0, 0.1) is 0 Å². The Kier molecular flexibility index (Phi) is 7.21. The number of thiophene rings is 2. The molecule has 4 heterocycles.